The van der Waals surface area contributed by atoms with Crippen LogP contribution in [0, 0.1) is 11.3 Å². The van der Waals surface area contributed by atoms with E-state index in [1.54, 1.807) is 12.1 Å². The number of rotatable bonds is 6. The summed E-state index contributed by atoms with van der Waals surface area (Å²) in [5.74, 6) is 1.07. The summed E-state index contributed by atoms with van der Waals surface area (Å²) in [4.78, 5) is 11.7. The van der Waals surface area contributed by atoms with Crippen molar-refractivity contribution in [2.24, 2.45) is 11.3 Å². The van der Waals surface area contributed by atoms with Gasteiger partial charge in [0.05, 0.1) is 18.7 Å². The maximum absolute atomic E-state index is 11.7. The summed E-state index contributed by atoms with van der Waals surface area (Å²) in [5.41, 5.74) is 6.55. The van der Waals surface area contributed by atoms with Gasteiger partial charge in [0.2, 0.25) is 5.91 Å². The lowest BCUT2D eigenvalue weighted by atomic mass is 9.82. The molecule has 4 nitrogen and oxygen atoms in total. The largest absolute Gasteiger partial charge is 0.491 e. The molecule has 1 aromatic rings. The van der Waals surface area contributed by atoms with Crippen LogP contribution in [0.3, 0.4) is 0 Å². The molecule has 0 saturated carbocycles. The van der Waals surface area contributed by atoms with E-state index in [9.17, 15) is 4.79 Å². The summed E-state index contributed by atoms with van der Waals surface area (Å²) in [6.07, 6.45) is 0.338. The van der Waals surface area contributed by atoms with Crippen LogP contribution in [0.4, 0.5) is 5.69 Å². The van der Waals surface area contributed by atoms with Crippen LogP contribution in [0.5, 0.6) is 5.75 Å². The fraction of sp³-hybridized carbons (Fsp3) is 0.562. The van der Waals surface area contributed by atoms with E-state index in [1.807, 2.05) is 12.1 Å². The molecule has 1 aromatic carbocycles. The number of ether oxygens (including phenoxy) is 1. The summed E-state index contributed by atoms with van der Waals surface area (Å²) in [5, 5.41) is 2.94. The smallest absolute Gasteiger partial charge is 0.223 e. The highest BCUT2D eigenvalue weighted by molar-refractivity contribution is 5.76. The zero-order valence-electron chi connectivity index (χ0n) is 12.9. The number of benzene rings is 1. The van der Waals surface area contributed by atoms with E-state index in [4.69, 9.17) is 10.5 Å². The highest BCUT2D eigenvalue weighted by Crippen LogP contribution is 2.24. The SMILES string of the molecule is CC(CNC(=O)CCOc1ccccc1N)C(C)(C)C. The van der Waals surface area contributed by atoms with Gasteiger partial charge >= 0.3 is 0 Å². The summed E-state index contributed by atoms with van der Waals surface area (Å²) >= 11 is 0. The first-order chi connectivity index (χ1) is 9.30. The quantitative estimate of drug-likeness (QED) is 0.786. The minimum atomic E-state index is 0.00982. The Labute approximate surface area is 121 Å². The molecule has 3 N–H and O–H groups in total. The molecule has 1 atom stereocenters. The minimum absolute atomic E-state index is 0.00982. The fourth-order valence-electron chi connectivity index (χ4n) is 1.53. The molecule has 0 bridgehead atoms. The van der Waals surface area contributed by atoms with E-state index >= 15 is 0 Å². The summed E-state index contributed by atoms with van der Waals surface area (Å²) < 4.78 is 5.50. The van der Waals surface area contributed by atoms with E-state index in [-0.39, 0.29) is 11.3 Å². The highest BCUT2D eigenvalue weighted by atomic mass is 16.5. The molecule has 0 radical (unpaired) electrons. The highest BCUT2D eigenvalue weighted by Gasteiger charge is 2.20. The molecular formula is C16H26N2O2. The molecule has 0 aliphatic heterocycles. The first-order valence-corrected chi connectivity index (χ1v) is 7.04. The van der Waals surface area contributed by atoms with Crippen LogP contribution < -0.4 is 15.8 Å². The molecule has 1 rings (SSSR count). The average Bonchev–Trinajstić information content (AvgIpc) is 2.37. The van der Waals surface area contributed by atoms with Crippen molar-refractivity contribution in [1.82, 2.24) is 5.32 Å². The Morgan fingerprint density at radius 3 is 2.60 bits per heavy atom. The lowest BCUT2D eigenvalue weighted by Gasteiger charge is -2.27. The number of anilines is 1. The maximum Gasteiger partial charge on any atom is 0.223 e. The van der Waals surface area contributed by atoms with Gasteiger partial charge in [0.25, 0.3) is 0 Å². The van der Waals surface area contributed by atoms with E-state index in [0.29, 0.717) is 36.9 Å². The normalized spacial score (nSPS) is 12.8. The van der Waals surface area contributed by atoms with E-state index in [0.717, 1.165) is 0 Å². The van der Waals surface area contributed by atoms with Gasteiger partial charge in [-0.25, -0.2) is 0 Å². The molecule has 4 heteroatoms. The van der Waals surface area contributed by atoms with Gasteiger partial charge in [-0.3, -0.25) is 4.79 Å². The van der Waals surface area contributed by atoms with Crippen LogP contribution in [0.15, 0.2) is 24.3 Å². The molecular weight excluding hydrogens is 252 g/mol. The van der Waals surface area contributed by atoms with Crippen molar-refractivity contribution in [2.75, 3.05) is 18.9 Å². The minimum Gasteiger partial charge on any atom is -0.491 e. The van der Waals surface area contributed by atoms with Gasteiger partial charge in [0.1, 0.15) is 5.75 Å². The van der Waals surface area contributed by atoms with Gasteiger partial charge in [-0.2, -0.15) is 0 Å². The molecule has 0 spiro atoms. The van der Waals surface area contributed by atoms with Crippen molar-refractivity contribution in [1.29, 1.82) is 0 Å². The lowest BCUT2D eigenvalue weighted by Crippen LogP contribution is -2.34. The second-order valence-corrected chi connectivity index (χ2v) is 6.21. The third-order valence-electron chi connectivity index (χ3n) is 3.59. The van der Waals surface area contributed by atoms with Gasteiger partial charge in [-0.05, 0) is 23.5 Å². The van der Waals surface area contributed by atoms with E-state index in [1.165, 1.54) is 0 Å². The van der Waals surface area contributed by atoms with E-state index < -0.39 is 0 Å². The van der Waals surface area contributed by atoms with E-state index in [2.05, 4.69) is 33.0 Å². The van der Waals surface area contributed by atoms with Crippen molar-refractivity contribution in [3.63, 3.8) is 0 Å². The second-order valence-electron chi connectivity index (χ2n) is 6.21. The molecule has 0 aliphatic carbocycles. The second kappa shape index (κ2) is 7.17. The summed E-state index contributed by atoms with van der Waals surface area (Å²) in [6, 6.07) is 7.29. The summed E-state index contributed by atoms with van der Waals surface area (Å²) in [7, 11) is 0. The van der Waals surface area contributed by atoms with Crippen LogP contribution in [-0.4, -0.2) is 19.1 Å². The van der Waals surface area contributed by atoms with Crippen molar-refractivity contribution in [2.45, 2.75) is 34.1 Å². The number of nitrogens with one attached hydrogen (secondary N) is 1. The standard InChI is InChI=1S/C16H26N2O2/c1-12(16(2,3)4)11-18-15(19)9-10-20-14-8-6-5-7-13(14)17/h5-8,12H,9-11,17H2,1-4H3,(H,18,19). The molecule has 20 heavy (non-hydrogen) atoms. The van der Waals surface area contributed by atoms with Crippen LogP contribution in [0.2, 0.25) is 0 Å². The van der Waals surface area contributed by atoms with Gasteiger partial charge in [0, 0.05) is 6.54 Å². The van der Waals surface area contributed by atoms with Crippen molar-refractivity contribution in [3.8, 4) is 5.75 Å². The van der Waals surface area contributed by atoms with Crippen LogP contribution in [-0.2, 0) is 4.79 Å². The van der Waals surface area contributed by atoms with Crippen molar-refractivity contribution < 1.29 is 9.53 Å². The van der Waals surface area contributed by atoms with Crippen LogP contribution in [0.25, 0.3) is 0 Å². The Morgan fingerprint density at radius 1 is 1.35 bits per heavy atom. The third-order valence-corrected chi connectivity index (χ3v) is 3.59. The molecule has 1 unspecified atom stereocenters. The number of hydrogen-bond donors (Lipinski definition) is 2. The molecule has 1 amide bonds. The van der Waals surface area contributed by atoms with Gasteiger partial charge in [-0.15, -0.1) is 0 Å². The monoisotopic (exact) mass is 278 g/mol. The number of carbonyl (C=O) groups excluding carboxylic acids is 1. The Morgan fingerprint density at radius 2 is 2.00 bits per heavy atom. The molecule has 0 saturated heterocycles. The molecule has 0 aliphatic rings. The molecule has 0 heterocycles. The Bertz CT molecular complexity index is 438. The Kier molecular flexibility index (Phi) is 5.86. The summed E-state index contributed by atoms with van der Waals surface area (Å²) in [6.45, 7) is 9.68. The third kappa shape index (κ3) is 5.51. The predicted octanol–water partition coefficient (Wildman–Crippen LogP) is 2.84. The predicted molar refractivity (Wildman–Crippen MR) is 82.6 cm³/mol. The number of amides is 1. The number of carbonyl (C=O) groups is 1. The number of hydrogen-bond acceptors (Lipinski definition) is 3. The number of nitrogen functional groups attached to an aromatic ring is 1. The zero-order valence-corrected chi connectivity index (χ0v) is 12.9. The van der Waals surface area contributed by atoms with Crippen LogP contribution >= 0.6 is 0 Å². The van der Waals surface area contributed by atoms with Crippen LogP contribution in [0.1, 0.15) is 34.1 Å². The Hall–Kier alpha value is -1.71. The average molecular weight is 278 g/mol. The maximum atomic E-state index is 11.7. The van der Waals surface area contributed by atoms with Crippen molar-refractivity contribution in [3.05, 3.63) is 24.3 Å². The fourth-order valence-corrected chi connectivity index (χ4v) is 1.53. The first-order valence-electron chi connectivity index (χ1n) is 7.04. The molecule has 0 aromatic heterocycles. The Balaban J connectivity index is 2.26. The van der Waals surface area contributed by atoms with Gasteiger partial charge in [0.15, 0.2) is 0 Å². The van der Waals surface area contributed by atoms with Gasteiger partial charge in [-0.1, -0.05) is 39.8 Å². The lowest BCUT2D eigenvalue weighted by molar-refractivity contribution is -0.121. The zero-order chi connectivity index (χ0) is 15.2. The topological polar surface area (TPSA) is 64.3 Å². The van der Waals surface area contributed by atoms with Crippen molar-refractivity contribution >= 4 is 11.6 Å². The first kappa shape index (κ1) is 16.3. The number of nitrogens with two attached hydrogens (primary N) is 1. The molecule has 112 valence electrons. The van der Waals surface area contributed by atoms with Gasteiger partial charge < -0.3 is 15.8 Å². The molecule has 0 fully saturated rings. The number of para-hydroxylation sites is 2.